The molecule has 0 bridgehead atoms. The Labute approximate surface area is 109 Å². The molecule has 0 aliphatic carbocycles. The minimum atomic E-state index is -4.40. The molecular formula is C16H11F3. The average Bonchev–Trinajstić information content (AvgIpc) is 2.37. The third-order valence-corrected chi connectivity index (χ3v) is 2.93. The number of rotatable bonds is 1. The molecule has 0 aromatic heterocycles. The highest BCUT2D eigenvalue weighted by atomic mass is 19.4. The Kier molecular flexibility index (Phi) is 3.35. The van der Waals surface area contributed by atoms with Crippen LogP contribution in [0.1, 0.15) is 16.7 Å². The van der Waals surface area contributed by atoms with Crippen LogP contribution in [-0.4, -0.2) is 0 Å². The summed E-state index contributed by atoms with van der Waals surface area (Å²) in [4.78, 5) is 0. The Morgan fingerprint density at radius 3 is 2.26 bits per heavy atom. The average molecular weight is 260 g/mol. The van der Waals surface area contributed by atoms with Crippen LogP contribution in [0.3, 0.4) is 0 Å². The predicted octanol–water partition coefficient (Wildman–Crippen LogP) is 4.66. The SMILES string of the molecule is C#Cc1ccc(C(F)(F)F)c(-c2ccccc2C)c1. The molecule has 0 fully saturated rings. The second kappa shape index (κ2) is 4.81. The van der Waals surface area contributed by atoms with Crippen LogP contribution in [0.4, 0.5) is 13.2 Å². The Hall–Kier alpha value is -2.21. The summed E-state index contributed by atoms with van der Waals surface area (Å²) in [6.07, 6.45) is 0.865. The number of halogens is 3. The lowest BCUT2D eigenvalue weighted by Crippen LogP contribution is -2.07. The minimum Gasteiger partial charge on any atom is -0.166 e. The molecule has 19 heavy (non-hydrogen) atoms. The zero-order valence-electron chi connectivity index (χ0n) is 10.3. The quantitative estimate of drug-likeness (QED) is 0.654. The minimum absolute atomic E-state index is 0.126. The lowest BCUT2D eigenvalue weighted by molar-refractivity contribution is -0.137. The zero-order chi connectivity index (χ0) is 14.0. The first kappa shape index (κ1) is 13.2. The van der Waals surface area contributed by atoms with Crippen LogP contribution in [0.5, 0.6) is 0 Å². The third-order valence-electron chi connectivity index (χ3n) is 2.93. The van der Waals surface area contributed by atoms with Gasteiger partial charge < -0.3 is 0 Å². The molecule has 2 aromatic carbocycles. The van der Waals surface area contributed by atoms with Crippen LogP contribution in [0.25, 0.3) is 11.1 Å². The highest BCUT2D eigenvalue weighted by Gasteiger charge is 2.33. The van der Waals surface area contributed by atoms with Crippen LogP contribution < -0.4 is 0 Å². The Balaban J connectivity index is 2.74. The molecule has 96 valence electrons. The lowest BCUT2D eigenvalue weighted by atomic mass is 9.94. The van der Waals surface area contributed by atoms with Crippen molar-refractivity contribution in [2.24, 2.45) is 0 Å². The summed E-state index contributed by atoms with van der Waals surface area (Å²) in [5.41, 5.74) is 1.22. The molecule has 0 nitrogen and oxygen atoms in total. The van der Waals surface area contributed by atoms with E-state index < -0.39 is 11.7 Å². The summed E-state index contributed by atoms with van der Waals surface area (Å²) in [6, 6.07) is 10.7. The molecule has 0 aliphatic rings. The van der Waals surface area contributed by atoms with E-state index in [0.29, 0.717) is 11.1 Å². The molecule has 3 heteroatoms. The van der Waals surface area contributed by atoms with E-state index in [2.05, 4.69) is 5.92 Å². The zero-order valence-corrected chi connectivity index (χ0v) is 10.3. The Morgan fingerprint density at radius 2 is 1.68 bits per heavy atom. The molecule has 0 heterocycles. The molecule has 0 spiro atoms. The summed E-state index contributed by atoms with van der Waals surface area (Å²) in [7, 11) is 0. The fourth-order valence-corrected chi connectivity index (χ4v) is 1.98. The first-order valence-corrected chi connectivity index (χ1v) is 5.67. The molecular weight excluding hydrogens is 249 g/mol. The Bertz CT molecular complexity index is 646. The molecule has 2 rings (SSSR count). The van der Waals surface area contributed by atoms with Gasteiger partial charge in [-0.05, 0) is 41.8 Å². The van der Waals surface area contributed by atoms with E-state index in [0.717, 1.165) is 11.6 Å². The van der Waals surface area contributed by atoms with Crippen LogP contribution in [0.2, 0.25) is 0 Å². The van der Waals surface area contributed by atoms with Gasteiger partial charge in [-0.2, -0.15) is 13.2 Å². The van der Waals surface area contributed by atoms with Crippen LogP contribution in [0.15, 0.2) is 42.5 Å². The van der Waals surface area contributed by atoms with Crippen molar-refractivity contribution in [1.29, 1.82) is 0 Å². The van der Waals surface area contributed by atoms with Gasteiger partial charge in [-0.25, -0.2) is 0 Å². The van der Waals surface area contributed by atoms with Crippen molar-refractivity contribution in [3.05, 3.63) is 59.2 Å². The van der Waals surface area contributed by atoms with E-state index in [9.17, 15) is 13.2 Å². The van der Waals surface area contributed by atoms with Gasteiger partial charge in [-0.15, -0.1) is 6.42 Å². The maximum atomic E-state index is 13.0. The summed E-state index contributed by atoms with van der Waals surface area (Å²) in [5, 5.41) is 0. The number of alkyl halides is 3. The first-order valence-electron chi connectivity index (χ1n) is 5.67. The summed E-state index contributed by atoms with van der Waals surface area (Å²) in [6.45, 7) is 1.78. The van der Waals surface area contributed by atoms with Gasteiger partial charge in [0.15, 0.2) is 0 Å². The number of hydrogen-bond donors (Lipinski definition) is 0. The smallest absolute Gasteiger partial charge is 0.166 e. The standard InChI is InChI=1S/C16H11F3/c1-3-12-8-9-15(16(17,18)19)14(10-12)13-7-5-4-6-11(13)2/h1,4-10H,2H3. The van der Waals surface area contributed by atoms with Gasteiger partial charge in [0.25, 0.3) is 0 Å². The van der Waals surface area contributed by atoms with Crippen molar-refractivity contribution in [2.75, 3.05) is 0 Å². The van der Waals surface area contributed by atoms with Crippen LogP contribution in [-0.2, 0) is 6.18 Å². The molecule has 0 radical (unpaired) electrons. The second-order valence-electron chi connectivity index (χ2n) is 4.22. The fraction of sp³-hybridized carbons (Fsp3) is 0.125. The second-order valence-corrected chi connectivity index (χ2v) is 4.22. The maximum absolute atomic E-state index is 13.0. The van der Waals surface area contributed by atoms with Gasteiger partial charge in [-0.1, -0.05) is 30.2 Å². The molecule has 0 saturated heterocycles. The van der Waals surface area contributed by atoms with E-state index in [4.69, 9.17) is 6.42 Å². The lowest BCUT2D eigenvalue weighted by Gasteiger charge is -2.15. The van der Waals surface area contributed by atoms with E-state index in [1.54, 1.807) is 31.2 Å². The third kappa shape index (κ3) is 2.63. The van der Waals surface area contributed by atoms with Crippen molar-refractivity contribution in [2.45, 2.75) is 13.1 Å². The monoisotopic (exact) mass is 260 g/mol. The molecule has 0 atom stereocenters. The van der Waals surface area contributed by atoms with Gasteiger partial charge in [0, 0.05) is 5.56 Å². The van der Waals surface area contributed by atoms with Gasteiger partial charge in [0.1, 0.15) is 0 Å². The fourth-order valence-electron chi connectivity index (χ4n) is 1.98. The topological polar surface area (TPSA) is 0 Å². The summed E-state index contributed by atoms with van der Waals surface area (Å²) >= 11 is 0. The largest absolute Gasteiger partial charge is 0.417 e. The van der Waals surface area contributed by atoms with Crippen LogP contribution >= 0.6 is 0 Å². The van der Waals surface area contributed by atoms with E-state index in [1.165, 1.54) is 12.1 Å². The van der Waals surface area contributed by atoms with E-state index in [-0.39, 0.29) is 5.56 Å². The number of hydrogen-bond acceptors (Lipinski definition) is 0. The first-order chi connectivity index (χ1) is 8.93. The molecule has 0 saturated carbocycles. The summed E-state index contributed by atoms with van der Waals surface area (Å²) in [5.74, 6) is 2.37. The van der Waals surface area contributed by atoms with Crippen molar-refractivity contribution in [1.82, 2.24) is 0 Å². The normalized spacial score (nSPS) is 11.1. The van der Waals surface area contributed by atoms with E-state index in [1.807, 2.05) is 0 Å². The molecule has 0 amide bonds. The highest BCUT2D eigenvalue weighted by Crippen LogP contribution is 2.38. The molecule has 0 unspecified atom stereocenters. The predicted molar refractivity (Wildman–Crippen MR) is 69.6 cm³/mol. The summed E-state index contributed by atoms with van der Waals surface area (Å²) < 4.78 is 39.1. The number of benzene rings is 2. The number of terminal acetylenes is 1. The van der Waals surface area contributed by atoms with E-state index >= 15 is 0 Å². The number of aryl methyl sites for hydroxylation is 1. The molecule has 2 aromatic rings. The van der Waals surface area contributed by atoms with Crippen molar-refractivity contribution in [3.63, 3.8) is 0 Å². The Morgan fingerprint density at radius 1 is 1.00 bits per heavy atom. The van der Waals surface area contributed by atoms with Crippen molar-refractivity contribution < 1.29 is 13.2 Å². The van der Waals surface area contributed by atoms with Gasteiger partial charge in [-0.3, -0.25) is 0 Å². The molecule has 0 aliphatic heterocycles. The molecule has 0 N–H and O–H groups in total. The van der Waals surface area contributed by atoms with Crippen LogP contribution in [0, 0.1) is 19.3 Å². The van der Waals surface area contributed by atoms with Gasteiger partial charge >= 0.3 is 6.18 Å². The van der Waals surface area contributed by atoms with Crippen molar-refractivity contribution >= 4 is 0 Å². The highest BCUT2D eigenvalue weighted by molar-refractivity contribution is 5.72. The van der Waals surface area contributed by atoms with Crippen molar-refractivity contribution in [3.8, 4) is 23.5 Å². The van der Waals surface area contributed by atoms with Gasteiger partial charge in [0.05, 0.1) is 5.56 Å². The van der Waals surface area contributed by atoms with Gasteiger partial charge in [0.2, 0.25) is 0 Å². The maximum Gasteiger partial charge on any atom is 0.417 e.